The van der Waals surface area contributed by atoms with Gasteiger partial charge < -0.3 is 9.47 Å². The average Bonchev–Trinajstić information content (AvgIpc) is 2.86. The lowest BCUT2D eigenvalue weighted by molar-refractivity contribution is -0.274. The summed E-state index contributed by atoms with van der Waals surface area (Å²) in [5.74, 6) is -1.48. The van der Waals surface area contributed by atoms with Gasteiger partial charge in [-0.2, -0.15) is 0 Å². The first-order valence-electron chi connectivity index (χ1n) is 12.4. The molecule has 1 aliphatic rings. The van der Waals surface area contributed by atoms with Crippen LogP contribution in [0.1, 0.15) is 70.8 Å². The summed E-state index contributed by atoms with van der Waals surface area (Å²) in [5, 5.41) is 0. The molecule has 2 nitrogen and oxygen atoms in total. The van der Waals surface area contributed by atoms with E-state index >= 15 is 8.78 Å². The second-order valence-electron chi connectivity index (χ2n) is 9.31. The molecule has 0 aromatic heterocycles. The number of hydrogen-bond donors (Lipinski definition) is 0. The Balaban J connectivity index is 0.00000380. The summed E-state index contributed by atoms with van der Waals surface area (Å²) in [4.78, 5) is 0. The van der Waals surface area contributed by atoms with Crippen LogP contribution in [0.2, 0.25) is 0 Å². The molecule has 0 unspecified atom stereocenters. The van der Waals surface area contributed by atoms with Gasteiger partial charge in [0.25, 0.3) is 0 Å². The maximum absolute atomic E-state index is 16.0. The first kappa shape index (κ1) is 28.5. The quantitative estimate of drug-likeness (QED) is 0.275. The highest BCUT2D eigenvalue weighted by atomic mass is 19.4. The van der Waals surface area contributed by atoms with Crippen molar-refractivity contribution in [2.45, 2.75) is 71.6 Å². The molecule has 1 saturated carbocycles. The van der Waals surface area contributed by atoms with Gasteiger partial charge in [0.1, 0.15) is 17.3 Å². The van der Waals surface area contributed by atoms with Crippen molar-refractivity contribution in [2.75, 3.05) is 0 Å². The molecule has 200 valence electrons. The van der Waals surface area contributed by atoms with Crippen LogP contribution in [0.5, 0.6) is 17.2 Å². The Hall–Kier alpha value is -3.09. The van der Waals surface area contributed by atoms with Crippen LogP contribution in [0.25, 0.3) is 11.1 Å². The first-order valence-corrected chi connectivity index (χ1v) is 12.4. The van der Waals surface area contributed by atoms with E-state index in [-0.39, 0.29) is 36.0 Å². The maximum atomic E-state index is 16.0. The van der Waals surface area contributed by atoms with E-state index in [1.807, 2.05) is 0 Å². The van der Waals surface area contributed by atoms with Crippen molar-refractivity contribution in [3.05, 3.63) is 77.9 Å². The van der Waals surface area contributed by atoms with Gasteiger partial charge in [0.2, 0.25) is 0 Å². The number of alkyl halides is 3. The fourth-order valence-electron chi connectivity index (χ4n) is 4.98. The van der Waals surface area contributed by atoms with Gasteiger partial charge in [0.05, 0.1) is 0 Å². The molecule has 37 heavy (non-hydrogen) atoms. The van der Waals surface area contributed by atoms with Gasteiger partial charge in [-0.3, -0.25) is 0 Å². The minimum absolute atomic E-state index is 0. The van der Waals surface area contributed by atoms with Gasteiger partial charge in [-0.05, 0) is 73.4 Å². The van der Waals surface area contributed by atoms with Crippen molar-refractivity contribution in [1.29, 1.82) is 0 Å². The van der Waals surface area contributed by atoms with Gasteiger partial charge in [-0.1, -0.05) is 63.9 Å². The molecule has 3 aromatic rings. The van der Waals surface area contributed by atoms with Crippen LogP contribution in [-0.2, 0) is 0 Å². The molecular formula is C30H33F5O2. The Morgan fingerprint density at radius 3 is 2.08 bits per heavy atom. The van der Waals surface area contributed by atoms with Crippen LogP contribution < -0.4 is 9.47 Å². The van der Waals surface area contributed by atoms with Crippen LogP contribution in [0, 0.1) is 17.6 Å². The fourth-order valence-corrected chi connectivity index (χ4v) is 4.98. The summed E-state index contributed by atoms with van der Waals surface area (Å²) in [6, 6.07) is 14.7. The molecule has 0 saturated heterocycles. The standard InChI is InChI=1S/C29H29F5O2.CH4/c1-2-3-7-19-10-12-21(13-11-19)26-25(30)18-24(20-8-5-4-6-9-20)28(27(26)31)35-22-14-16-23(17-15-22)36-29(32,33)34;/h4-6,8-9,14-19,21H,2-3,7,10-13H2,1H3;1H4. The minimum Gasteiger partial charge on any atom is -0.454 e. The highest BCUT2D eigenvalue weighted by Gasteiger charge is 2.32. The lowest BCUT2D eigenvalue weighted by Crippen LogP contribution is -2.17. The third-order valence-electron chi connectivity index (χ3n) is 6.79. The summed E-state index contributed by atoms with van der Waals surface area (Å²) in [7, 11) is 0. The SMILES string of the molecule is C.CCCCC1CCC(c2c(F)cc(-c3ccccc3)c(Oc3ccc(OC(F)(F)F)cc3)c2F)CC1. The van der Waals surface area contributed by atoms with Crippen LogP contribution in [-0.4, -0.2) is 6.36 Å². The molecule has 0 amide bonds. The molecule has 0 heterocycles. The van der Waals surface area contributed by atoms with Crippen LogP contribution in [0.3, 0.4) is 0 Å². The van der Waals surface area contributed by atoms with Crippen molar-refractivity contribution in [3.8, 4) is 28.4 Å². The largest absolute Gasteiger partial charge is 0.573 e. The zero-order valence-corrected chi connectivity index (χ0v) is 20.1. The summed E-state index contributed by atoms with van der Waals surface area (Å²) < 4.78 is 78.6. The summed E-state index contributed by atoms with van der Waals surface area (Å²) >= 11 is 0. The molecular weight excluding hydrogens is 487 g/mol. The smallest absolute Gasteiger partial charge is 0.454 e. The Bertz CT molecular complexity index is 1140. The maximum Gasteiger partial charge on any atom is 0.573 e. The number of hydrogen-bond acceptors (Lipinski definition) is 2. The topological polar surface area (TPSA) is 18.5 Å². The number of rotatable bonds is 8. The monoisotopic (exact) mass is 520 g/mol. The zero-order chi connectivity index (χ0) is 25.7. The van der Waals surface area contributed by atoms with E-state index in [1.54, 1.807) is 30.3 Å². The van der Waals surface area contributed by atoms with E-state index in [0.29, 0.717) is 24.3 Å². The van der Waals surface area contributed by atoms with Gasteiger partial charge in [-0.15, -0.1) is 13.2 Å². The second-order valence-corrected chi connectivity index (χ2v) is 9.31. The predicted octanol–water partition coefficient (Wildman–Crippen LogP) is 10.4. The molecule has 0 N–H and O–H groups in total. The highest BCUT2D eigenvalue weighted by molar-refractivity contribution is 5.72. The van der Waals surface area contributed by atoms with E-state index in [1.165, 1.54) is 18.2 Å². The van der Waals surface area contributed by atoms with Gasteiger partial charge in [0, 0.05) is 11.1 Å². The molecule has 3 aromatic carbocycles. The fraction of sp³-hybridized carbons (Fsp3) is 0.400. The first-order chi connectivity index (χ1) is 17.2. The lowest BCUT2D eigenvalue weighted by Gasteiger charge is -2.30. The molecule has 0 radical (unpaired) electrons. The van der Waals surface area contributed by atoms with Crippen LogP contribution in [0.4, 0.5) is 22.0 Å². The third kappa shape index (κ3) is 7.24. The van der Waals surface area contributed by atoms with Crippen molar-refractivity contribution in [2.24, 2.45) is 5.92 Å². The summed E-state index contributed by atoms with van der Waals surface area (Å²) in [6.07, 6.45) is 1.88. The molecule has 0 spiro atoms. The van der Waals surface area contributed by atoms with E-state index < -0.39 is 23.7 Å². The molecule has 0 bridgehead atoms. The van der Waals surface area contributed by atoms with Crippen molar-refractivity contribution < 1.29 is 31.4 Å². The molecule has 1 fully saturated rings. The van der Waals surface area contributed by atoms with Crippen LogP contribution >= 0.6 is 0 Å². The predicted molar refractivity (Wildman–Crippen MR) is 136 cm³/mol. The summed E-state index contributed by atoms with van der Waals surface area (Å²) in [6.45, 7) is 2.16. The molecule has 7 heteroatoms. The van der Waals surface area contributed by atoms with Crippen molar-refractivity contribution in [3.63, 3.8) is 0 Å². The van der Waals surface area contributed by atoms with E-state index in [2.05, 4.69) is 11.7 Å². The van der Waals surface area contributed by atoms with Gasteiger partial charge in [0.15, 0.2) is 11.6 Å². The van der Waals surface area contributed by atoms with Gasteiger partial charge >= 0.3 is 6.36 Å². The van der Waals surface area contributed by atoms with Gasteiger partial charge in [-0.25, -0.2) is 8.78 Å². The number of halogens is 5. The Morgan fingerprint density at radius 1 is 0.865 bits per heavy atom. The van der Waals surface area contributed by atoms with Crippen LogP contribution in [0.15, 0.2) is 60.7 Å². The number of unbranched alkanes of at least 4 members (excludes halogenated alkanes) is 1. The Kier molecular flexibility index (Phi) is 9.57. The Labute approximate surface area is 215 Å². The molecule has 1 aliphatic carbocycles. The highest BCUT2D eigenvalue weighted by Crippen LogP contribution is 2.45. The number of benzene rings is 3. The second kappa shape index (κ2) is 12.4. The zero-order valence-electron chi connectivity index (χ0n) is 20.1. The molecule has 0 atom stereocenters. The van der Waals surface area contributed by atoms with E-state index in [0.717, 1.165) is 44.2 Å². The van der Waals surface area contributed by atoms with E-state index in [9.17, 15) is 13.2 Å². The summed E-state index contributed by atoms with van der Waals surface area (Å²) in [5.41, 5.74) is 0.828. The molecule has 0 aliphatic heterocycles. The third-order valence-corrected chi connectivity index (χ3v) is 6.79. The molecule has 4 rings (SSSR count). The number of ether oxygens (including phenoxy) is 2. The van der Waals surface area contributed by atoms with Crippen molar-refractivity contribution in [1.82, 2.24) is 0 Å². The average molecular weight is 521 g/mol. The minimum atomic E-state index is -4.82. The van der Waals surface area contributed by atoms with E-state index in [4.69, 9.17) is 4.74 Å². The van der Waals surface area contributed by atoms with Crippen molar-refractivity contribution >= 4 is 0 Å². The lowest BCUT2D eigenvalue weighted by atomic mass is 9.76. The normalized spacial score (nSPS) is 17.7. The Morgan fingerprint density at radius 2 is 1.49 bits per heavy atom.